The minimum atomic E-state index is -0.321. The Morgan fingerprint density at radius 1 is 1.24 bits per heavy atom. The Hall–Kier alpha value is -2.15. The van der Waals surface area contributed by atoms with Crippen LogP contribution in [0.5, 0.6) is 0 Å². The molecular weight excluding hydrogens is 318 g/mol. The second-order valence-electron chi connectivity index (χ2n) is 7.15. The number of aryl methyl sites for hydroxylation is 1. The van der Waals surface area contributed by atoms with Gasteiger partial charge in [0.2, 0.25) is 0 Å². The zero-order valence-electron chi connectivity index (χ0n) is 15.2. The van der Waals surface area contributed by atoms with Gasteiger partial charge in [-0.05, 0) is 46.7 Å². The third-order valence-electron chi connectivity index (χ3n) is 5.00. The van der Waals surface area contributed by atoms with Crippen molar-refractivity contribution in [3.63, 3.8) is 0 Å². The van der Waals surface area contributed by atoms with Crippen molar-refractivity contribution in [2.24, 2.45) is 0 Å². The lowest BCUT2D eigenvalue weighted by atomic mass is 9.95. The third-order valence-corrected chi connectivity index (χ3v) is 5.00. The summed E-state index contributed by atoms with van der Waals surface area (Å²) in [5.41, 5.74) is 0.0571. The van der Waals surface area contributed by atoms with Crippen molar-refractivity contribution >= 4 is 0 Å². The van der Waals surface area contributed by atoms with Crippen LogP contribution in [0.25, 0.3) is 0 Å². The van der Waals surface area contributed by atoms with E-state index in [1.165, 1.54) is 16.5 Å². The van der Waals surface area contributed by atoms with Crippen LogP contribution in [0.1, 0.15) is 50.2 Å². The SMILES string of the molecule is Cc1cc(=O)n(CCN2CCC(c3nccn3C(C)C)CC2)c(=O)[nH]1. The maximum Gasteiger partial charge on any atom is 0.328 e. The zero-order valence-corrected chi connectivity index (χ0v) is 15.2. The average Bonchev–Trinajstić information content (AvgIpc) is 3.04. The molecule has 2 aromatic heterocycles. The lowest BCUT2D eigenvalue weighted by molar-refractivity contribution is 0.198. The van der Waals surface area contributed by atoms with Crippen LogP contribution in [0.2, 0.25) is 0 Å². The summed E-state index contributed by atoms with van der Waals surface area (Å²) in [4.78, 5) is 33.5. The fraction of sp³-hybridized carbons (Fsp3) is 0.611. The second kappa shape index (κ2) is 7.39. The molecule has 1 N–H and O–H groups in total. The molecule has 25 heavy (non-hydrogen) atoms. The Labute approximate surface area is 147 Å². The molecule has 7 nitrogen and oxygen atoms in total. The maximum absolute atomic E-state index is 12.0. The fourth-order valence-corrected chi connectivity index (χ4v) is 3.58. The van der Waals surface area contributed by atoms with E-state index in [1.807, 2.05) is 6.20 Å². The van der Waals surface area contributed by atoms with Gasteiger partial charge in [0, 0.05) is 49.2 Å². The number of aromatic amines is 1. The van der Waals surface area contributed by atoms with E-state index < -0.39 is 0 Å². The molecule has 1 saturated heterocycles. The third kappa shape index (κ3) is 3.92. The summed E-state index contributed by atoms with van der Waals surface area (Å²) in [6, 6.07) is 1.90. The number of nitrogens with one attached hydrogen (secondary N) is 1. The van der Waals surface area contributed by atoms with Gasteiger partial charge in [-0.15, -0.1) is 0 Å². The van der Waals surface area contributed by atoms with E-state index >= 15 is 0 Å². The van der Waals surface area contributed by atoms with E-state index in [9.17, 15) is 9.59 Å². The van der Waals surface area contributed by atoms with Crippen molar-refractivity contribution in [1.82, 2.24) is 24.0 Å². The number of piperidine rings is 1. The first kappa shape index (κ1) is 17.7. The lowest BCUT2D eigenvalue weighted by Gasteiger charge is -2.32. The summed E-state index contributed by atoms with van der Waals surface area (Å²) in [7, 11) is 0. The number of H-pyrrole nitrogens is 1. The molecule has 0 atom stereocenters. The Balaban J connectivity index is 1.58. The van der Waals surface area contributed by atoms with Gasteiger partial charge in [0.15, 0.2) is 0 Å². The molecule has 1 fully saturated rings. The van der Waals surface area contributed by atoms with Crippen LogP contribution in [0.3, 0.4) is 0 Å². The van der Waals surface area contributed by atoms with Crippen LogP contribution < -0.4 is 11.2 Å². The molecule has 0 aromatic carbocycles. The molecule has 0 saturated carbocycles. The molecule has 2 aromatic rings. The molecule has 3 rings (SSSR count). The standard InChI is InChI=1S/C18H27N5O2/c1-13(2)22-9-6-19-17(22)15-4-7-21(8-5-15)10-11-23-16(24)12-14(3)20-18(23)25/h6,9,12-13,15H,4-5,7-8,10-11H2,1-3H3,(H,20,25). The monoisotopic (exact) mass is 345 g/mol. The van der Waals surface area contributed by atoms with E-state index in [0.29, 0.717) is 24.2 Å². The van der Waals surface area contributed by atoms with Gasteiger partial charge in [0.1, 0.15) is 5.82 Å². The van der Waals surface area contributed by atoms with Crippen LogP contribution in [0.15, 0.2) is 28.0 Å². The molecule has 136 valence electrons. The highest BCUT2D eigenvalue weighted by Gasteiger charge is 2.24. The van der Waals surface area contributed by atoms with Gasteiger partial charge in [0.05, 0.1) is 0 Å². The lowest BCUT2D eigenvalue weighted by Crippen LogP contribution is -2.41. The summed E-state index contributed by atoms with van der Waals surface area (Å²) in [5.74, 6) is 1.67. The quantitative estimate of drug-likeness (QED) is 0.891. The van der Waals surface area contributed by atoms with Gasteiger partial charge < -0.3 is 14.5 Å². The maximum atomic E-state index is 12.0. The highest BCUT2D eigenvalue weighted by Crippen LogP contribution is 2.28. The van der Waals surface area contributed by atoms with Crippen molar-refractivity contribution in [2.45, 2.75) is 52.1 Å². The van der Waals surface area contributed by atoms with Gasteiger partial charge in [-0.3, -0.25) is 9.36 Å². The molecule has 0 spiro atoms. The summed E-state index contributed by atoms with van der Waals surface area (Å²) in [6.07, 6.45) is 6.06. The normalized spacial score (nSPS) is 16.6. The largest absolute Gasteiger partial charge is 0.332 e. The van der Waals surface area contributed by atoms with Gasteiger partial charge in [-0.25, -0.2) is 9.78 Å². The number of rotatable bonds is 5. The van der Waals surface area contributed by atoms with Gasteiger partial charge in [-0.1, -0.05) is 0 Å². The van der Waals surface area contributed by atoms with E-state index in [-0.39, 0.29) is 11.2 Å². The molecule has 3 heterocycles. The first-order valence-corrected chi connectivity index (χ1v) is 9.01. The minimum Gasteiger partial charge on any atom is -0.332 e. The van der Waals surface area contributed by atoms with Gasteiger partial charge in [0.25, 0.3) is 5.56 Å². The second-order valence-corrected chi connectivity index (χ2v) is 7.15. The molecule has 0 radical (unpaired) electrons. The summed E-state index contributed by atoms with van der Waals surface area (Å²) in [6.45, 7) is 9.16. The van der Waals surface area contributed by atoms with Crippen molar-refractivity contribution < 1.29 is 0 Å². The van der Waals surface area contributed by atoms with Crippen molar-refractivity contribution in [3.8, 4) is 0 Å². The van der Waals surface area contributed by atoms with E-state index in [4.69, 9.17) is 0 Å². The Morgan fingerprint density at radius 3 is 2.60 bits per heavy atom. The van der Waals surface area contributed by atoms with Crippen LogP contribution in [-0.4, -0.2) is 43.6 Å². The first-order chi connectivity index (χ1) is 12.0. The summed E-state index contributed by atoms with van der Waals surface area (Å²) in [5, 5.41) is 0. The summed E-state index contributed by atoms with van der Waals surface area (Å²) < 4.78 is 3.54. The Kier molecular flexibility index (Phi) is 5.22. The van der Waals surface area contributed by atoms with Gasteiger partial charge >= 0.3 is 5.69 Å². The molecular formula is C18H27N5O2. The van der Waals surface area contributed by atoms with Crippen LogP contribution >= 0.6 is 0 Å². The van der Waals surface area contributed by atoms with Crippen molar-refractivity contribution in [2.75, 3.05) is 19.6 Å². The molecule has 0 aliphatic carbocycles. The molecule has 0 amide bonds. The number of likely N-dealkylation sites (tertiary alicyclic amines) is 1. The Bertz CT molecular complexity index is 793. The summed E-state index contributed by atoms with van der Waals surface area (Å²) >= 11 is 0. The number of nitrogens with zero attached hydrogens (tertiary/aromatic N) is 4. The molecule has 1 aliphatic heterocycles. The topological polar surface area (TPSA) is 75.9 Å². The smallest absolute Gasteiger partial charge is 0.328 e. The average molecular weight is 345 g/mol. The highest BCUT2D eigenvalue weighted by molar-refractivity contribution is 5.04. The highest BCUT2D eigenvalue weighted by atomic mass is 16.2. The first-order valence-electron chi connectivity index (χ1n) is 9.01. The van der Waals surface area contributed by atoms with E-state index in [0.717, 1.165) is 32.5 Å². The van der Waals surface area contributed by atoms with E-state index in [1.54, 1.807) is 6.92 Å². The fourth-order valence-electron chi connectivity index (χ4n) is 3.58. The van der Waals surface area contributed by atoms with E-state index in [2.05, 4.69) is 39.5 Å². The van der Waals surface area contributed by atoms with Gasteiger partial charge in [-0.2, -0.15) is 0 Å². The number of imidazole rings is 1. The Morgan fingerprint density at radius 2 is 1.96 bits per heavy atom. The van der Waals surface area contributed by atoms with Crippen LogP contribution in [0, 0.1) is 6.92 Å². The van der Waals surface area contributed by atoms with Crippen molar-refractivity contribution in [1.29, 1.82) is 0 Å². The minimum absolute atomic E-state index is 0.227. The predicted molar refractivity (Wildman–Crippen MR) is 97.1 cm³/mol. The van der Waals surface area contributed by atoms with Crippen molar-refractivity contribution in [3.05, 3.63) is 50.8 Å². The number of aromatic nitrogens is 4. The zero-order chi connectivity index (χ0) is 18.0. The number of hydrogen-bond acceptors (Lipinski definition) is 4. The molecule has 1 aliphatic rings. The number of hydrogen-bond donors (Lipinski definition) is 1. The molecule has 0 bridgehead atoms. The van der Waals surface area contributed by atoms with Crippen LogP contribution in [-0.2, 0) is 6.54 Å². The predicted octanol–water partition coefficient (Wildman–Crippen LogP) is 1.50. The van der Waals surface area contributed by atoms with Crippen LogP contribution in [0.4, 0.5) is 0 Å². The molecule has 7 heteroatoms. The molecule has 0 unspecified atom stereocenters.